The van der Waals surface area contributed by atoms with Crippen LogP contribution in [0.2, 0.25) is 0 Å². The summed E-state index contributed by atoms with van der Waals surface area (Å²) in [4.78, 5) is 26.9. The summed E-state index contributed by atoms with van der Waals surface area (Å²) in [6.07, 6.45) is 4.46. The molecule has 0 aliphatic carbocycles. The predicted molar refractivity (Wildman–Crippen MR) is 109 cm³/mol. The molecule has 7 heteroatoms. The molecule has 2 aromatic heterocycles. The number of carbonyl (C=O) groups is 1. The summed E-state index contributed by atoms with van der Waals surface area (Å²) in [5, 5.41) is 3.24. The maximum absolute atomic E-state index is 11.7. The van der Waals surface area contributed by atoms with Gasteiger partial charge in [0.25, 0.3) is 0 Å². The maximum atomic E-state index is 11.7. The number of benzene rings is 1. The lowest BCUT2D eigenvalue weighted by Gasteiger charge is -2.18. The van der Waals surface area contributed by atoms with E-state index in [0.717, 1.165) is 24.3 Å². The standard InChI is InChI=1S/C21H23N5O2/c1-15-13-19(24-18-6-4-5-17(14-18)20(27)28-3)25-21(23-15)26(2)12-9-16-7-10-22-11-8-16/h4-8,10-11,13-14H,9,12H2,1-3H3,(H,23,24,25). The molecule has 2 heterocycles. The lowest BCUT2D eigenvalue weighted by molar-refractivity contribution is 0.0601. The van der Waals surface area contributed by atoms with Crippen LogP contribution < -0.4 is 10.2 Å². The summed E-state index contributed by atoms with van der Waals surface area (Å²) < 4.78 is 4.77. The van der Waals surface area contributed by atoms with Gasteiger partial charge in [-0.2, -0.15) is 4.98 Å². The number of rotatable bonds is 7. The lowest BCUT2D eigenvalue weighted by atomic mass is 10.2. The summed E-state index contributed by atoms with van der Waals surface area (Å²) >= 11 is 0. The van der Waals surface area contributed by atoms with Gasteiger partial charge in [0, 0.05) is 43.4 Å². The Hall–Kier alpha value is -3.48. The van der Waals surface area contributed by atoms with Gasteiger partial charge in [0.05, 0.1) is 12.7 Å². The number of anilines is 3. The van der Waals surface area contributed by atoms with Crippen molar-refractivity contribution in [3.8, 4) is 0 Å². The molecular formula is C21H23N5O2. The third-order valence-corrected chi connectivity index (χ3v) is 4.23. The molecule has 0 bridgehead atoms. The molecule has 0 saturated carbocycles. The molecule has 1 N–H and O–H groups in total. The van der Waals surface area contributed by atoms with Crippen molar-refractivity contribution in [2.75, 3.05) is 30.9 Å². The van der Waals surface area contributed by atoms with E-state index in [9.17, 15) is 4.79 Å². The molecule has 0 amide bonds. The number of ether oxygens (including phenoxy) is 1. The molecule has 0 fully saturated rings. The zero-order valence-electron chi connectivity index (χ0n) is 16.2. The Morgan fingerprint density at radius 3 is 2.68 bits per heavy atom. The second-order valence-electron chi connectivity index (χ2n) is 6.42. The molecular weight excluding hydrogens is 354 g/mol. The highest BCUT2D eigenvalue weighted by molar-refractivity contribution is 5.90. The monoisotopic (exact) mass is 377 g/mol. The van der Waals surface area contributed by atoms with Gasteiger partial charge in [-0.1, -0.05) is 6.07 Å². The summed E-state index contributed by atoms with van der Waals surface area (Å²) in [6.45, 7) is 2.71. The van der Waals surface area contributed by atoms with E-state index in [1.165, 1.54) is 12.7 Å². The molecule has 3 aromatic rings. The Balaban J connectivity index is 1.73. The van der Waals surface area contributed by atoms with E-state index >= 15 is 0 Å². The van der Waals surface area contributed by atoms with Gasteiger partial charge in [-0.3, -0.25) is 4.98 Å². The van der Waals surface area contributed by atoms with Gasteiger partial charge in [0.1, 0.15) is 5.82 Å². The number of pyridine rings is 1. The van der Waals surface area contributed by atoms with E-state index < -0.39 is 0 Å². The Morgan fingerprint density at radius 1 is 1.14 bits per heavy atom. The second kappa shape index (κ2) is 8.94. The Morgan fingerprint density at radius 2 is 1.93 bits per heavy atom. The topological polar surface area (TPSA) is 80.2 Å². The minimum Gasteiger partial charge on any atom is -0.465 e. The van der Waals surface area contributed by atoms with E-state index in [1.54, 1.807) is 30.6 Å². The van der Waals surface area contributed by atoms with Crippen LogP contribution >= 0.6 is 0 Å². The molecule has 1 aromatic carbocycles. The van der Waals surface area contributed by atoms with Crippen molar-refractivity contribution in [3.05, 3.63) is 71.7 Å². The highest BCUT2D eigenvalue weighted by atomic mass is 16.5. The number of nitrogens with zero attached hydrogens (tertiary/aromatic N) is 4. The second-order valence-corrected chi connectivity index (χ2v) is 6.42. The van der Waals surface area contributed by atoms with Crippen molar-refractivity contribution >= 4 is 23.4 Å². The van der Waals surface area contributed by atoms with E-state index in [1.807, 2.05) is 43.1 Å². The van der Waals surface area contributed by atoms with Crippen LogP contribution in [0.3, 0.4) is 0 Å². The number of likely N-dealkylation sites (N-methyl/N-ethyl adjacent to an activating group) is 1. The van der Waals surface area contributed by atoms with E-state index in [4.69, 9.17) is 4.74 Å². The smallest absolute Gasteiger partial charge is 0.337 e. The molecule has 144 valence electrons. The average molecular weight is 377 g/mol. The molecule has 7 nitrogen and oxygen atoms in total. The Labute approximate surface area is 164 Å². The van der Waals surface area contributed by atoms with Crippen molar-refractivity contribution in [2.24, 2.45) is 0 Å². The Bertz CT molecular complexity index is 947. The van der Waals surface area contributed by atoms with Crippen LogP contribution in [0.4, 0.5) is 17.5 Å². The van der Waals surface area contributed by atoms with Gasteiger partial charge in [0.15, 0.2) is 0 Å². The minimum absolute atomic E-state index is 0.376. The molecule has 0 unspecified atom stereocenters. The first kappa shape index (κ1) is 19.3. The van der Waals surface area contributed by atoms with Crippen molar-refractivity contribution in [1.29, 1.82) is 0 Å². The number of aryl methyl sites for hydroxylation is 1. The predicted octanol–water partition coefficient (Wildman–Crippen LogP) is 3.39. The fourth-order valence-electron chi connectivity index (χ4n) is 2.72. The van der Waals surface area contributed by atoms with Crippen molar-refractivity contribution in [1.82, 2.24) is 15.0 Å². The fraction of sp³-hybridized carbons (Fsp3) is 0.238. The average Bonchev–Trinajstić information content (AvgIpc) is 2.72. The normalized spacial score (nSPS) is 10.4. The van der Waals surface area contributed by atoms with E-state index in [0.29, 0.717) is 17.3 Å². The molecule has 0 aliphatic heterocycles. The molecule has 0 atom stereocenters. The highest BCUT2D eigenvalue weighted by Gasteiger charge is 2.10. The third kappa shape index (κ3) is 5.03. The number of nitrogens with one attached hydrogen (secondary N) is 1. The van der Waals surface area contributed by atoms with Crippen LogP contribution in [0.1, 0.15) is 21.6 Å². The quantitative estimate of drug-likeness (QED) is 0.632. The van der Waals surface area contributed by atoms with Crippen LogP contribution in [-0.4, -0.2) is 41.6 Å². The SMILES string of the molecule is COC(=O)c1cccc(Nc2cc(C)nc(N(C)CCc3ccncc3)n2)c1. The van der Waals surface area contributed by atoms with Crippen LogP contribution in [-0.2, 0) is 11.2 Å². The van der Waals surface area contributed by atoms with Gasteiger partial charge in [-0.15, -0.1) is 0 Å². The molecule has 3 rings (SSSR count). The number of carbonyl (C=O) groups excluding carboxylic acids is 1. The summed E-state index contributed by atoms with van der Waals surface area (Å²) in [6, 6.07) is 13.0. The molecule has 0 spiro atoms. The number of hydrogen-bond donors (Lipinski definition) is 1. The van der Waals surface area contributed by atoms with Gasteiger partial charge in [-0.05, 0) is 49.2 Å². The maximum Gasteiger partial charge on any atom is 0.337 e. The van der Waals surface area contributed by atoms with Crippen molar-refractivity contribution in [2.45, 2.75) is 13.3 Å². The summed E-state index contributed by atoms with van der Waals surface area (Å²) in [7, 11) is 3.34. The van der Waals surface area contributed by atoms with E-state index in [-0.39, 0.29) is 5.97 Å². The molecule has 0 aliphatic rings. The molecule has 0 radical (unpaired) electrons. The van der Waals surface area contributed by atoms with Gasteiger partial charge in [0.2, 0.25) is 5.95 Å². The number of esters is 1. The van der Waals surface area contributed by atoms with E-state index in [2.05, 4.69) is 20.3 Å². The first-order chi connectivity index (χ1) is 13.5. The first-order valence-electron chi connectivity index (χ1n) is 8.96. The number of methoxy groups -OCH3 is 1. The zero-order valence-corrected chi connectivity index (χ0v) is 16.2. The van der Waals surface area contributed by atoms with Crippen LogP contribution in [0.25, 0.3) is 0 Å². The van der Waals surface area contributed by atoms with Gasteiger partial charge >= 0.3 is 5.97 Å². The van der Waals surface area contributed by atoms with Gasteiger partial charge in [-0.25, -0.2) is 9.78 Å². The Kier molecular flexibility index (Phi) is 6.16. The first-order valence-corrected chi connectivity index (χ1v) is 8.96. The number of aromatic nitrogens is 3. The van der Waals surface area contributed by atoms with Crippen molar-refractivity contribution < 1.29 is 9.53 Å². The van der Waals surface area contributed by atoms with Gasteiger partial charge < -0.3 is 15.0 Å². The van der Waals surface area contributed by atoms with Crippen molar-refractivity contribution in [3.63, 3.8) is 0 Å². The highest BCUT2D eigenvalue weighted by Crippen LogP contribution is 2.19. The lowest BCUT2D eigenvalue weighted by Crippen LogP contribution is -2.23. The van der Waals surface area contributed by atoms with Crippen LogP contribution in [0, 0.1) is 6.92 Å². The largest absolute Gasteiger partial charge is 0.465 e. The molecule has 0 saturated heterocycles. The van der Waals surface area contributed by atoms with Crippen LogP contribution in [0.5, 0.6) is 0 Å². The fourth-order valence-corrected chi connectivity index (χ4v) is 2.72. The van der Waals surface area contributed by atoms with Crippen LogP contribution in [0.15, 0.2) is 54.9 Å². The third-order valence-electron chi connectivity index (χ3n) is 4.23. The zero-order chi connectivity index (χ0) is 19.9. The summed E-state index contributed by atoms with van der Waals surface area (Å²) in [5.41, 5.74) is 3.30. The minimum atomic E-state index is -0.376. The summed E-state index contributed by atoms with van der Waals surface area (Å²) in [5.74, 6) is 0.931. The molecule has 28 heavy (non-hydrogen) atoms. The number of hydrogen-bond acceptors (Lipinski definition) is 7.